The fraction of sp³-hybridized carbons (Fsp3) is 0.562. The first-order valence-corrected chi connectivity index (χ1v) is 7.20. The van der Waals surface area contributed by atoms with Crippen molar-refractivity contribution in [3.63, 3.8) is 0 Å². The van der Waals surface area contributed by atoms with E-state index in [1.54, 1.807) is 11.9 Å². The van der Waals surface area contributed by atoms with Crippen molar-refractivity contribution in [2.24, 2.45) is 5.92 Å². The van der Waals surface area contributed by atoms with Crippen LogP contribution in [0.15, 0.2) is 30.3 Å². The van der Waals surface area contributed by atoms with Gasteiger partial charge in [-0.2, -0.15) is 0 Å². The van der Waals surface area contributed by atoms with Crippen LogP contribution in [0.1, 0.15) is 25.8 Å². The van der Waals surface area contributed by atoms with Crippen molar-refractivity contribution in [3.05, 3.63) is 35.9 Å². The van der Waals surface area contributed by atoms with E-state index in [0.29, 0.717) is 25.6 Å². The van der Waals surface area contributed by atoms with Gasteiger partial charge in [-0.3, -0.25) is 0 Å². The van der Waals surface area contributed by atoms with Crippen LogP contribution in [0.25, 0.3) is 0 Å². The maximum absolute atomic E-state index is 11.9. The molecule has 112 valence electrons. The zero-order valence-electron chi connectivity index (χ0n) is 12.8. The number of hydrogen-bond donors (Lipinski definition) is 1. The van der Waals surface area contributed by atoms with E-state index in [1.807, 2.05) is 30.3 Å². The first-order chi connectivity index (χ1) is 9.59. The van der Waals surface area contributed by atoms with Gasteiger partial charge in [-0.25, -0.2) is 4.79 Å². The smallest absolute Gasteiger partial charge is 0.317 e. The molecule has 0 atom stereocenters. The number of carbonyl (C=O) groups is 1. The Morgan fingerprint density at radius 3 is 2.65 bits per heavy atom. The Kier molecular flexibility index (Phi) is 7.73. The van der Waals surface area contributed by atoms with Gasteiger partial charge in [0.2, 0.25) is 0 Å². The molecule has 1 N–H and O–H groups in total. The minimum absolute atomic E-state index is 0.0438. The number of nitrogens with zero attached hydrogens (tertiary/aromatic N) is 1. The van der Waals surface area contributed by atoms with Gasteiger partial charge in [-0.15, -0.1) is 0 Å². The second-order valence-electron chi connectivity index (χ2n) is 5.40. The fourth-order valence-electron chi connectivity index (χ4n) is 1.75. The summed E-state index contributed by atoms with van der Waals surface area (Å²) >= 11 is 0. The van der Waals surface area contributed by atoms with Crippen LogP contribution in [0, 0.1) is 5.92 Å². The van der Waals surface area contributed by atoms with E-state index >= 15 is 0 Å². The molecule has 0 saturated carbocycles. The maximum Gasteiger partial charge on any atom is 0.317 e. The summed E-state index contributed by atoms with van der Waals surface area (Å²) in [5.41, 5.74) is 1.13. The van der Waals surface area contributed by atoms with Crippen LogP contribution in [-0.4, -0.2) is 37.7 Å². The molecular weight excluding hydrogens is 252 g/mol. The Morgan fingerprint density at radius 2 is 2.00 bits per heavy atom. The molecule has 4 nitrogen and oxygen atoms in total. The molecule has 0 aliphatic carbocycles. The molecule has 4 heteroatoms. The van der Waals surface area contributed by atoms with E-state index in [2.05, 4.69) is 19.2 Å². The van der Waals surface area contributed by atoms with Crippen LogP contribution in [0.3, 0.4) is 0 Å². The summed E-state index contributed by atoms with van der Waals surface area (Å²) in [6.45, 7) is 7.00. The van der Waals surface area contributed by atoms with Crippen molar-refractivity contribution in [2.75, 3.05) is 26.8 Å². The largest absolute Gasteiger partial charge is 0.381 e. The summed E-state index contributed by atoms with van der Waals surface area (Å²) in [5.74, 6) is 0.557. The van der Waals surface area contributed by atoms with Crippen LogP contribution >= 0.6 is 0 Å². The van der Waals surface area contributed by atoms with Gasteiger partial charge in [0.25, 0.3) is 0 Å². The van der Waals surface area contributed by atoms with E-state index in [-0.39, 0.29) is 6.03 Å². The Bertz CT molecular complexity index is 379. The van der Waals surface area contributed by atoms with Gasteiger partial charge in [0.15, 0.2) is 0 Å². The predicted molar refractivity (Wildman–Crippen MR) is 81.6 cm³/mol. The van der Waals surface area contributed by atoms with Crippen molar-refractivity contribution >= 4 is 6.03 Å². The zero-order chi connectivity index (χ0) is 14.8. The normalized spacial score (nSPS) is 10.6. The van der Waals surface area contributed by atoms with E-state index in [4.69, 9.17) is 4.74 Å². The molecule has 2 amide bonds. The number of nitrogens with one attached hydrogen (secondary N) is 1. The summed E-state index contributed by atoms with van der Waals surface area (Å²) in [6.07, 6.45) is 0.845. The number of ether oxygens (including phenoxy) is 1. The monoisotopic (exact) mass is 278 g/mol. The average Bonchev–Trinajstić information content (AvgIpc) is 2.43. The lowest BCUT2D eigenvalue weighted by Crippen LogP contribution is -2.37. The van der Waals surface area contributed by atoms with Crippen LogP contribution < -0.4 is 5.32 Å². The van der Waals surface area contributed by atoms with Gasteiger partial charge in [0.1, 0.15) is 0 Å². The van der Waals surface area contributed by atoms with Gasteiger partial charge in [0, 0.05) is 33.4 Å². The molecule has 0 heterocycles. The lowest BCUT2D eigenvalue weighted by molar-refractivity contribution is 0.108. The predicted octanol–water partition coefficient (Wildman–Crippen LogP) is 2.89. The molecule has 1 aromatic rings. The quantitative estimate of drug-likeness (QED) is 0.743. The minimum Gasteiger partial charge on any atom is -0.381 e. The molecule has 0 saturated heterocycles. The number of benzene rings is 1. The number of carbonyl (C=O) groups excluding carboxylic acids is 1. The summed E-state index contributed by atoms with van der Waals surface area (Å²) in [6, 6.07) is 9.92. The fourth-order valence-corrected chi connectivity index (χ4v) is 1.75. The maximum atomic E-state index is 11.9. The molecule has 1 aromatic carbocycles. The van der Waals surface area contributed by atoms with Gasteiger partial charge in [-0.1, -0.05) is 44.2 Å². The SMILES string of the molecule is CC(C)COCCCNC(=O)N(C)Cc1ccccc1. The Balaban J connectivity index is 2.13. The third kappa shape index (κ3) is 7.14. The van der Waals surface area contributed by atoms with E-state index < -0.39 is 0 Å². The Morgan fingerprint density at radius 1 is 1.30 bits per heavy atom. The van der Waals surface area contributed by atoms with Crippen molar-refractivity contribution < 1.29 is 9.53 Å². The van der Waals surface area contributed by atoms with Gasteiger partial charge >= 0.3 is 6.03 Å². The van der Waals surface area contributed by atoms with Crippen molar-refractivity contribution in [3.8, 4) is 0 Å². The highest BCUT2D eigenvalue weighted by Crippen LogP contribution is 2.02. The van der Waals surface area contributed by atoms with Gasteiger partial charge in [0.05, 0.1) is 0 Å². The summed E-state index contributed by atoms with van der Waals surface area (Å²) in [7, 11) is 1.80. The van der Waals surface area contributed by atoms with E-state index in [9.17, 15) is 4.79 Å². The van der Waals surface area contributed by atoms with Gasteiger partial charge in [-0.05, 0) is 17.9 Å². The van der Waals surface area contributed by atoms with Crippen LogP contribution in [0.4, 0.5) is 4.79 Å². The molecule has 0 unspecified atom stereocenters. The van der Waals surface area contributed by atoms with Crippen LogP contribution in [0.5, 0.6) is 0 Å². The highest BCUT2D eigenvalue weighted by Gasteiger charge is 2.07. The molecule has 0 spiro atoms. The Labute approximate surface area is 122 Å². The third-order valence-corrected chi connectivity index (χ3v) is 2.80. The summed E-state index contributed by atoms with van der Waals surface area (Å²) in [4.78, 5) is 13.5. The molecule has 0 radical (unpaired) electrons. The lowest BCUT2D eigenvalue weighted by atomic mass is 10.2. The molecule has 0 bridgehead atoms. The highest BCUT2D eigenvalue weighted by molar-refractivity contribution is 5.73. The Hall–Kier alpha value is -1.55. The average molecular weight is 278 g/mol. The first-order valence-electron chi connectivity index (χ1n) is 7.20. The van der Waals surface area contributed by atoms with Crippen molar-refractivity contribution in [2.45, 2.75) is 26.8 Å². The molecule has 0 aliphatic rings. The van der Waals surface area contributed by atoms with E-state index in [1.165, 1.54) is 0 Å². The van der Waals surface area contributed by atoms with Crippen LogP contribution in [0.2, 0.25) is 0 Å². The van der Waals surface area contributed by atoms with Crippen LogP contribution in [-0.2, 0) is 11.3 Å². The lowest BCUT2D eigenvalue weighted by Gasteiger charge is -2.18. The highest BCUT2D eigenvalue weighted by atomic mass is 16.5. The number of urea groups is 1. The minimum atomic E-state index is -0.0438. The van der Waals surface area contributed by atoms with Crippen molar-refractivity contribution in [1.82, 2.24) is 10.2 Å². The first kappa shape index (κ1) is 16.5. The molecule has 0 fully saturated rings. The molecule has 20 heavy (non-hydrogen) atoms. The molecule has 1 rings (SSSR count). The number of rotatable bonds is 8. The van der Waals surface area contributed by atoms with Gasteiger partial charge < -0.3 is 15.0 Å². The number of amides is 2. The van der Waals surface area contributed by atoms with Crippen molar-refractivity contribution in [1.29, 1.82) is 0 Å². The third-order valence-electron chi connectivity index (χ3n) is 2.80. The summed E-state index contributed by atoms with van der Waals surface area (Å²) in [5, 5.41) is 2.90. The molecule has 0 aliphatic heterocycles. The zero-order valence-corrected chi connectivity index (χ0v) is 12.8. The second kappa shape index (κ2) is 9.37. The van der Waals surface area contributed by atoms with E-state index in [0.717, 1.165) is 18.6 Å². The standard InChI is InChI=1S/C16H26N2O2/c1-14(2)13-20-11-7-10-17-16(19)18(3)12-15-8-5-4-6-9-15/h4-6,8-9,14H,7,10-13H2,1-3H3,(H,17,19). The number of hydrogen-bond acceptors (Lipinski definition) is 2. The molecule has 0 aromatic heterocycles. The summed E-state index contributed by atoms with van der Waals surface area (Å²) < 4.78 is 5.47. The second-order valence-corrected chi connectivity index (χ2v) is 5.40. The topological polar surface area (TPSA) is 41.6 Å². The molecular formula is C16H26N2O2.